The number of hydrogen-bond donors (Lipinski definition) is 1. The predicted octanol–water partition coefficient (Wildman–Crippen LogP) is 15.6. The summed E-state index contributed by atoms with van der Waals surface area (Å²) in [4.78, 5) is 134. The van der Waals surface area contributed by atoms with Crippen LogP contribution in [0.15, 0.2) is 109 Å². The first-order valence-corrected chi connectivity index (χ1v) is 36.4. The number of aliphatic hydroxyl groups excluding tert-OH is 1. The highest BCUT2D eigenvalue weighted by atomic mass is 16.5. The van der Waals surface area contributed by atoms with Gasteiger partial charge in [0.1, 0.15) is 24.7 Å². The molecule has 0 radical (unpaired) electrons. The molecule has 8 amide bonds. The maximum absolute atomic E-state index is 15.1. The number of carbonyl (C=O) groups excluding carboxylic acids is 8. The Morgan fingerprint density at radius 1 is 0.333 bits per heavy atom. The first-order valence-electron chi connectivity index (χ1n) is 36.4. The third-order valence-corrected chi connectivity index (χ3v) is 22.3. The van der Waals surface area contributed by atoms with E-state index >= 15 is 9.59 Å². The summed E-state index contributed by atoms with van der Waals surface area (Å²) in [7, 11) is 1.58. The summed E-state index contributed by atoms with van der Waals surface area (Å²) >= 11 is 0. The molecule has 524 valence electrons. The standard InChI is InChI=1S/C87H74N6O12/c1-10-48(11-2)90-80(95)56-30-26-54-74-66(104-35-34-94)40-62-72-58(82(97)92(86(62)101)50(14-5)15-6)28-24-52(78(72)74)68-46(38-60(84(90)99)70(56)76(54)68)22-18-44-20-32-64(88-42-44)65-33-21-45(43-89-65)19-23-47-39-61-71-57(81(96)91(85(61)100)49(12-3)13-4)31-27-55-75-67(105-37-36-103-9)41-63-73-59(29-25-53(79(73)75)69(47)77(55)71)83(98)93(87(63)102)51(16-7)17-8/h20-21,24-33,38-43,48-51,94H,10-17,34-37H2,1-9H3. The molecule has 2 aromatic heterocycles. The average molecular weight is 1400 g/mol. The summed E-state index contributed by atoms with van der Waals surface area (Å²) in [5, 5.41) is 19.5. The van der Waals surface area contributed by atoms with Gasteiger partial charge in [-0.1, -0.05) is 103 Å². The van der Waals surface area contributed by atoms with Gasteiger partial charge in [-0.05, 0) is 146 Å². The van der Waals surface area contributed by atoms with Crippen LogP contribution in [0.3, 0.4) is 0 Å². The highest BCUT2D eigenvalue weighted by Gasteiger charge is 2.44. The largest absolute Gasteiger partial charge is 0.491 e. The van der Waals surface area contributed by atoms with E-state index in [9.17, 15) is 33.9 Å². The number of aromatic nitrogens is 2. The number of carbonyl (C=O) groups is 8. The smallest absolute Gasteiger partial charge is 0.261 e. The van der Waals surface area contributed by atoms with Crippen LogP contribution in [0.4, 0.5) is 0 Å². The Balaban J connectivity index is 0.817. The first kappa shape index (κ1) is 67.8. The fourth-order valence-electron chi connectivity index (χ4n) is 17.2. The molecule has 105 heavy (non-hydrogen) atoms. The molecule has 18 nitrogen and oxygen atoms in total. The van der Waals surface area contributed by atoms with Gasteiger partial charge in [-0.25, -0.2) is 0 Å². The third-order valence-electron chi connectivity index (χ3n) is 22.3. The van der Waals surface area contributed by atoms with E-state index in [1.54, 1.807) is 74.1 Å². The Labute approximate surface area is 604 Å². The number of methoxy groups -OCH3 is 1. The lowest BCUT2D eigenvalue weighted by atomic mass is 9.80. The van der Waals surface area contributed by atoms with Crippen molar-refractivity contribution < 1.29 is 57.7 Å². The maximum atomic E-state index is 15.1. The zero-order valence-electron chi connectivity index (χ0n) is 59.8. The van der Waals surface area contributed by atoms with Crippen LogP contribution in [0, 0.1) is 23.7 Å². The molecule has 0 saturated heterocycles. The highest BCUT2D eigenvalue weighted by molar-refractivity contribution is 6.45. The molecular weight excluding hydrogens is 1320 g/mol. The van der Waals surface area contributed by atoms with E-state index in [1.165, 1.54) is 19.6 Å². The SMILES string of the molecule is CCC(CC)N1C(=O)c2ccc3c4c(OCCO)cc5c6c(ccc(c7c(C#Cc8ccc(-c9ccc(C#Cc%10cc%11c%12c(ccc%13c%14c(OCCOC)cc%15c%16c(ccc(c%10c%12%13)c%16%14)C(=O)N(C(CC)CC)C%15=O)C(=O)N(C(CC)CC)C%11=O)cn9)nc8)cc(c2c37)C1=O)c64)C(=O)N(C(CC)CC)C5=O. The van der Waals surface area contributed by atoms with Crippen LogP contribution in [-0.2, 0) is 4.74 Å². The fraction of sp³-hybridized carbons (Fsp3) is 0.287. The van der Waals surface area contributed by atoms with Gasteiger partial charge in [-0.2, -0.15) is 0 Å². The van der Waals surface area contributed by atoms with Gasteiger partial charge < -0.3 is 19.3 Å². The Morgan fingerprint density at radius 3 is 0.924 bits per heavy atom. The Bertz CT molecular complexity index is 5960. The van der Waals surface area contributed by atoms with Crippen molar-refractivity contribution in [1.29, 1.82) is 0 Å². The normalized spacial score (nSPS) is 14.4. The number of rotatable bonds is 20. The van der Waals surface area contributed by atoms with E-state index in [-0.39, 0.29) is 68.0 Å². The molecule has 0 spiro atoms. The van der Waals surface area contributed by atoms with Crippen LogP contribution in [0.25, 0.3) is 97.6 Å². The molecule has 0 fully saturated rings. The van der Waals surface area contributed by atoms with Crippen LogP contribution in [0.5, 0.6) is 11.5 Å². The Morgan fingerprint density at radius 2 is 0.629 bits per heavy atom. The lowest BCUT2D eigenvalue weighted by Crippen LogP contribution is -2.46. The third kappa shape index (κ3) is 9.93. The van der Waals surface area contributed by atoms with Crippen molar-refractivity contribution in [3.63, 3.8) is 0 Å². The lowest BCUT2D eigenvalue weighted by molar-refractivity contribution is 0.0514. The predicted molar refractivity (Wildman–Crippen MR) is 404 cm³/mol. The van der Waals surface area contributed by atoms with Crippen molar-refractivity contribution in [3.05, 3.63) is 176 Å². The summed E-state index contributed by atoms with van der Waals surface area (Å²) in [6.07, 6.45) is 7.75. The first-order chi connectivity index (χ1) is 51.0. The number of fused-ring (bicyclic) bond motifs is 4. The van der Waals surface area contributed by atoms with Crippen LogP contribution in [-0.4, -0.2) is 140 Å². The number of imide groups is 4. The molecule has 0 atom stereocenters. The van der Waals surface area contributed by atoms with Crippen molar-refractivity contribution in [3.8, 4) is 46.6 Å². The summed E-state index contributed by atoms with van der Waals surface area (Å²) in [6.45, 7) is 15.6. The van der Waals surface area contributed by atoms with Gasteiger partial charge >= 0.3 is 0 Å². The molecule has 0 saturated carbocycles. The summed E-state index contributed by atoms with van der Waals surface area (Å²) in [5.41, 5.74) is 5.79. The van der Waals surface area contributed by atoms with Gasteiger partial charge in [-0.15, -0.1) is 0 Å². The minimum absolute atomic E-state index is 0.0993. The molecule has 10 aromatic carbocycles. The van der Waals surface area contributed by atoms with Gasteiger partial charge in [0.05, 0.1) is 35.7 Å². The number of hydrogen-bond acceptors (Lipinski definition) is 14. The molecule has 1 N–H and O–H groups in total. The van der Waals surface area contributed by atoms with E-state index in [2.05, 4.69) is 23.7 Å². The second kappa shape index (κ2) is 26.2. The number of amides is 8. The van der Waals surface area contributed by atoms with E-state index in [0.717, 1.165) is 0 Å². The summed E-state index contributed by atoms with van der Waals surface area (Å²) in [5.74, 6) is 10.9. The van der Waals surface area contributed by atoms with Crippen molar-refractivity contribution in [2.24, 2.45) is 0 Å². The molecule has 18 heteroatoms. The molecular formula is C87H74N6O12. The van der Waals surface area contributed by atoms with Crippen LogP contribution < -0.4 is 9.47 Å². The van der Waals surface area contributed by atoms with Crippen molar-refractivity contribution >= 4 is 133 Å². The zero-order chi connectivity index (χ0) is 73.3. The minimum atomic E-state index is -0.448. The number of nitrogens with zero attached hydrogens (tertiary/aromatic N) is 6. The Hall–Kier alpha value is -11.7. The van der Waals surface area contributed by atoms with Crippen LogP contribution >= 0.6 is 0 Å². The Kier molecular flexibility index (Phi) is 16.9. The van der Waals surface area contributed by atoms with Gasteiger partial charge in [0.2, 0.25) is 0 Å². The number of pyridine rings is 2. The molecule has 16 rings (SSSR count). The molecule has 4 aliphatic rings. The maximum Gasteiger partial charge on any atom is 0.261 e. The molecule has 0 aliphatic carbocycles. The topological polar surface area (TPSA) is 223 Å². The van der Waals surface area contributed by atoms with Gasteiger partial charge in [0, 0.05) is 164 Å². The second-order valence-electron chi connectivity index (χ2n) is 27.5. The summed E-state index contributed by atoms with van der Waals surface area (Å²) in [6, 6.07) is 27.3. The molecule has 4 aliphatic heterocycles. The molecule has 6 heterocycles. The van der Waals surface area contributed by atoms with E-state index in [1.807, 2.05) is 97.9 Å². The minimum Gasteiger partial charge on any atom is -0.491 e. The lowest BCUT2D eigenvalue weighted by Gasteiger charge is -2.35. The fourth-order valence-corrected chi connectivity index (χ4v) is 17.2. The molecule has 0 unspecified atom stereocenters. The van der Waals surface area contributed by atoms with Crippen molar-refractivity contribution in [2.75, 3.05) is 33.5 Å². The number of benzene rings is 10. The van der Waals surface area contributed by atoms with Crippen LogP contribution in [0.2, 0.25) is 0 Å². The van der Waals surface area contributed by atoms with Crippen molar-refractivity contribution in [2.45, 2.75) is 131 Å². The monoisotopic (exact) mass is 1390 g/mol. The highest BCUT2D eigenvalue weighted by Crippen LogP contribution is 2.54. The van der Waals surface area contributed by atoms with E-state index in [4.69, 9.17) is 24.2 Å². The zero-order valence-corrected chi connectivity index (χ0v) is 59.8. The summed E-state index contributed by atoms with van der Waals surface area (Å²) < 4.78 is 18.4. The van der Waals surface area contributed by atoms with Gasteiger partial charge in [0.15, 0.2) is 0 Å². The quantitative estimate of drug-likeness (QED) is 0.0246. The van der Waals surface area contributed by atoms with Crippen molar-refractivity contribution in [1.82, 2.24) is 29.6 Å². The van der Waals surface area contributed by atoms with Gasteiger partial charge in [0.25, 0.3) is 47.3 Å². The van der Waals surface area contributed by atoms with E-state index < -0.39 is 35.4 Å². The second-order valence-corrected chi connectivity index (χ2v) is 27.5. The number of aliphatic hydroxyl groups is 1. The van der Waals surface area contributed by atoms with E-state index in [0.29, 0.717) is 222 Å². The molecule has 12 aromatic rings. The number of ether oxygens (including phenoxy) is 3. The average Bonchev–Trinajstić information content (AvgIpc) is 0.685. The molecule has 0 bridgehead atoms. The van der Waals surface area contributed by atoms with Gasteiger partial charge in [-0.3, -0.25) is 67.9 Å². The van der Waals surface area contributed by atoms with Crippen LogP contribution in [0.1, 0.15) is 212 Å².